The molecule has 1 rings (SSSR count). The van der Waals surface area contributed by atoms with E-state index in [4.69, 9.17) is 5.73 Å². The molecule has 0 spiro atoms. The van der Waals surface area contributed by atoms with E-state index in [1.165, 1.54) is 12.1 Å². The highest BCUT2D eigenvalue weighted by molar-refractivity contribution is 7.98. The minimum atomic E-state index is -4.38. The minimum absolute atomic E-state index is 0.303. The fourth-order valence-corrected chi connectivity index (χ4v) is 1.84. The molecule has 0 saturated carbocycles. The Balaban J connectivity index is 2.60. The molecule has 1 aromatic rings. The van der Waals surface area contributed by atoms with Gasteiger partial charge in [-0.25, -0.2) is 0 Å². The SMILES string of the molecule is CSCC[C@@H](N)C(=O)Nc1ccc(C(F)(F)F)cc1. The van der Waals surface area contributed by atoms with Gasteiger partial charge in [-0.05, 0) is 42.7 Å². The van der Waals surface area contributed by atoms with Crippen molar-refractivity contribution in [2.75, 3.05) is 17.3 Å². The van der Waals surface area contributed by atoms with E-state index in [1.54, 1.807) is 11.8 Å². The summed E-state index contributed by atoms with van der Waals surface area (Å²) in [5.74, 6) is 0.357. The van der Waals surface area contributed by atoms with Gasteiger partial charge in [-0.2, -0.15) is 24.9 Å². The van der Waals surface area contributed by atoms with Crippen molar-refractivity contribution in [3.63, 3.8) is 0 Å². The van der Waals surface area contributed by atoms with E-state index in [0.29, 0.717) is 12.1 Å². The van der Waals surface area contributed by atoms with E-state index in [0.717, 1.165) is 17.9 Å². The predicted octanol–water partition coefficient (Wildman–Crippen LogP) is 2.72. The molecule has 1 atom stereocenters. The van der Waals surface area contributed by atoms with Gasteiger partial charge >= 0.3 is 6.18 Å². The number of rotatable bonds is 5. The van der Waals surface area contributed by atoms with Gasteiger partial charge < -0.3 is 11.1 Å². The normalized spacial score (nSPS) is 13.1. The summed E-state index contributed by atoms with van der Waals surface area (Å²) >= 11 is 1.57. The van der Waals surface area contributed by atoms with Gasteiger partial charge in [0.15, 0.2) is 0 Å². The van der Waals surface area contributed by atoms with Crippen LogP contribution in [0.25, 0.3) is 0 Å². The molecule has 0 unspecified atom stereocenters. The Morgan fingerprint density at radius 3 is 2.42 bits per heavy atom. The lowest BCUT2D eigenvalue weighted by Gasteiger charge is -2.12. The van der Waals surface area contributed by atoms with Crippen LogP contribution in [0.4, 0.5) is 18.9 Å². The number of carbonyl (C=O) groups excluding carboxylic acids is 1. The van der Waals surface area contributed by atoms with Gasteiger partial charge in [0.25, 0.3) is 0 Å². The molecule has 0 aliphatic heterocycles. The van der Waals surface area contributed by atoms with Crippen LogP contribution >= 0.6 is 11.8 Å². The van der Waals surface area contributed by atoms with Crippen LogP contribution in [0.1, 0.15) is 12.0 Å². The lowest BCUT2D eigenvalue weighted by atomic mass is 10.2. The Morgan fingerprint density at radius 1 is 1.37 bits per heavy atom. The fourth-order valence-electron chi connectivity index (χ4n) is 1.35. The topological polar surface area (TPSA) is 55.1 Å². The summed E-state index contributed by atoms with van der Waals surface area (Å²) < 4.78 is 37.0. The first-order chi connectivity index (χ1) is 8.84. The summed E-state index contributed by atoms with van der Waals surface area (Å²) in [6.07, 6.45) is -1.95. The van der Waals surface area contributed by atoms with Crippen LogP contribution in [0.5, 0.6) is 0 Å². The van der Waals surface area contributed by atoms with E-state index < -0.39 is 23.7 Å². The maximum absolute atomic E-state index is 12.3. The third-order valence-corrected chi connectivity index (χ3v) is 3.09. The van der Waals surface area contributed by atoms with Crippen LogP contribution in [-0.2, 0) is 11.0 Å². The highest BCUT2D eigenvalue weighted by Crippen LogP contribution is 2.29. The van der Waals surface area contributed by atoms with E-state index >= 15 is 0 Å². The molecule has 3 N–H and O–H groups in total. The zero-order valence-electron chi connectivity index (χ0n) is 10.3. The Hall–Kier alpha value is -1.21. The fraction of sp³-hybridized carbons (Fsp3) is 0.417. The van der Waals surface area contributed by atoms with Crippen molar-refractivity contribution < 1.29 is 18.0 Å². The standard InChI is InChI=1S/C12H15F3N2OS/c1-19-7-6-10(16)11(18)17-9-4-2-8(3-5-9)12(13,14)15/h2-5,10H,6-7,16H2,1H3,(H,17,18)/t10-/m1/s1. The van der Waals surface area contributed by atoms with Crippen LogP contribution in [-0.4, -0.2) is 24.0 Å². The molecule has 0 heterocycles. The average molecular weight is 292 g/mol. The number of anilines is 1. The second-order valence-corrected chi connectivity index (χ2v) is 4.94. The molecule has 1 amide bonds. The van der Waals surface area contributed by atoms with Crippen molar-refractivity contribution in [3.8, 4) is 0 Å². The van der Waals surface area contributed by atoms with Gasteiger partial charge in [-0.3, -0.25) is 4.79 Å². The summed E-state index contributed by atoms with van der Waals surface area (Å²) in [4.78, 5) is 11.6. The zero-order valence-corrected chi connectivity index (χ0v) is 11.1. The molecule has 3 nitrogen and oxygen atoms in total. The molecule has 19 heavy (non-hydrogen) atoms. The van der Waals surface area contributed by atoms with Crippen molar-refractivity contribution in [1.82, 2.24) is 0 Å². The van der Waals surface area contributed by atoms with E-state index in [9.17, 15) is 18.0 Å². The lowest BCUT2D eigenvalue weighted by Crippen LogP contribution is -2.36. The number of hydrogen-bond donors (Lipinski definition) is 2. The number of nitrogens with two attached hydrogens (primary N) is 1. The van der Waals surface area contributed by atoms with E-state index in [2.05, 4.69) is 5.32 Å². The summed E-state index contributed by atoms with van der Waals surface area (Å²) in [5.41, 5.74) is 5.20. The average Bonchev–Trinajstić information content (AvgIpc) is 2.35. The Bertz CT molecular complexity index is 420. The molecule has 0 aliphatic carbocycles. The van der Waals surface area contributed by atoms with Crippen LogP contribution in [0, 0.1) is 0 Å². The van der Waals surface area contributed by atoms with Crippen molar-refractivity contribution in [2.45, 2.75) is 18.6 Å². The summed E-state index contributed by atoms with van der Waals surface area (Å²) in [7, 11) is 0. The molecular formula is C12H15F3N2OS. The quantitative estimate of drug-likeness (QED) is 0.877. The van der Waals surface area contributed by atoms with Gasteiger partial charge in [0.1, 0.15) is 0 Å². The minimum Gasteiger partial charge on any atom is -0.325 e. The van der Waals surface area contributed by atoms with E-state index in [1.807, 2.05) is 6.26 Å². The molecule has 0 fully saturated rings. The number of thioether (sulfide) groups is 1. The predicted molar refractivity (Wildman–Crippen MR) is 71.0 cm³/mol. The molecule has 106 valence electrons. The van der Waals surface area contributed by atoms with Crippen molar-refractivity contribution >= 4 is 23.4 Å². The third kappa shape index (κ3) is 5.12. The van der Waals surface area contributed by atoms with Crippen LogP contribution in [0.15, 0.2) is 24.3 Å². The molecule has 0 radical (unpaired) electrons. The van der Waals surface area contributed by atoms with Crippen molar-refractivity contribution in [2.24, 2.45) is 5.73 Å². The number of nitrogens with one attached hydrogen (secondary N) is 1. The molecule has 0 aliphatic rings. The first-order valence-electron chi connectivity index (χ1n) is 5.57. The summed E-state index contributed by atoms with van der Waals surface area (Å²) in [6.45, 7) is 0. The second kappa shape index (κ2) is 6.81. The van der Waals surface area contributed by atoms with Crippen LogP contribution < -0.4 is 11.1 Å². The van der Waals surface area contributed by atoms with Crippen LogP contribution in [0.3, 0.4) is 0 Å². The number of halogens is 3. The molecule has 0 aromatic heterocycles. The van der Waals surface area contributed by atoms with Gasteiger partial charge in [-0.1, -0.05) is 0 Å². The monoisotopic (exact) mass is 292 g/mol. The highest BCUT2D eigenvalue weighted by atomic mass is 32.2. The lowest BCUT2D eigenvalue weighted by molar-refractivity contribution is -0.137. The maximum atomic E-state index is 12.3. The Labute approximate surface area is 113 Å². The number of hydrogen-bond acceptors (Lipinski definition) is 3. The molecular weight excluding hydrogens is 277 g/mol. The molecule has 1 aromatic carbocycles. The number of carbonyl (C=O) groups is 1. The van der Waals surface area contributed by atoms with Crippen molar-refractivity contribution in [3.05, 3.63) is 29.8 Å². The summed E-state index contributed by atoms with van der Waals surface area (Å²) in [6, 6.07) is 3.60. The second-order valence-electron chi connectivity index (χ2n) is 3.95. The van der Waals surface area contributed by atoms with E-state index in [-0.39, 0.29) is 0 Å². The zero-order chi connectivity index (χ0) is 14.5. The van der Waals surface area contributed by atoms with Gasteiger partial charge in [-0.15, -0.1) is 0 Å². The smallest absolute Gasteiger partial charge is 0.325 e. The first-order valence-corrected chi connectivity index (χ1v) is 6.96. The third-order valence-electron chi connectivity index (χ3n) is 2.45. The number of amides is 1. The van der Waals surface area contributed by atoms with Crippen molar-refractivity contribution in [1.29, 1.82) is 0 Å². The number of benzene rings is 1. The molecule has 0 bridgehead atoms. The largest absolute Gasteiger partial charge is 0.416 e. The molecule has 7 heteroatoms. The van der Waals surface area contributed by atoms with Gasteiger partial charge in [0.05, 0.1) is 11.6 Å². The van der Waals surface area contributed by atoms with Gasteiger partial charge in [0, 0.05) is 5.69 Å². The summed E-state index contributed by atoms with van der Waals surface area (Å²) in [5, 5.41) is 2.49. The molecule has 0 saturated heterocycles. The first kappa shape index (κ1) is 15.8. The van der Waals surface area contributed by atoms with Gasteiger partial charge in [0.2, 0.25) is 5.91 Å². The van der Waals surface area contributed by atoms with Crippen LogP contribution in [0.2, 0.25) is 0 Å². The highest BCUT2D eigenvalue weighted by Gasteiger charge is 2.30. The Kier molecular flexibility index (Phi) is 5.68. The maximum Gasteiger partial charge on any atom is 0.416 e. The number of alkyl halides is 3. The Morgan fingerprint density at radius 2 is 1.95 bits per heavy atom.